The first-order chi connectivity index (χ1) is 10.3. The monoisotopic (exact) mass is 436 g/mol. The van der Waals surface area contributed by atoms with E-state index >= 15 is 0 Å². The molecule has 0 aliphatic heterocycles. The SMILES string of the molecule is CC(c1ccc(I)cc1)C1(CCCCS(=O)(=O)O)CCCC1. The van der Waals surface area contributed by atoms with Gasteiger partial charge in [0.2, 0.25) is 0 Å². The third-order valence-electron chi connectivity index (χ3n) is 5.21. The van der Waals surface area contributed by atoms with Crippen molar-refractivity contribution < 1.29 is 13.0 Å². The lowest BCUT2D eigenvalue weighted by Gasteiger charge is -2.36. The van der Waals surface area contributed by atoms with E-state index in [0.717, 1.165) is 12.8 Å². The van der Waals surface area contributed by atoms with E-state index in [0.29, 0.717) is 17.8 Å². The topological polar surface area (TPSA) is 54.4 Å². The second-order valence-electron chi connectivity index (χ2n) is 6.59. The maximum Gasteiger partial charge on any atom is 0.264 e. The molecule has 1 aliphatic carbocycles. The summed E-state index contributed by atoms with van der Waals surface area (Å²) >= 11 is 2.33. The Bertz CT molecular complexity index is 574. The third-order valence-corrected chi connectivity index (χ3v) is 6.74. The van der Waals surface area contributed by atoms with Gasteiger partial charge in [-0.25, -0.2) is 0 Å². The molecule has 1 N–H and O–H groups in total. The average molecular weight is 436 g/mol. The molecule has 0 bridgehead atoms. The van der Waals surface area contributed by atoms with Crippen LogP contribution in [0.1, 0.15) is 63.4 Å². The largest absolute Gasteiger partial charge is 0.286 e. The first-order valence-corrected chi connectivity index (χ1v) is 10.7. The number of halogens is 1. The zero-order chi connectivity index (χ0) is 16.2. The van der Waals surface area contributed by atoms with E-state index in [4.69, 9.17) is 4.55 Å². The Morgan fingerprint density at radius 2 is 1.77 bits per heavy atom. The van der Waals surface area contributed by atoms with Gasteiger partial charge in [0.15, 0.2) is 0 Å². The Morgan fingerprint density at radius 1 is 1.18 bits per heavy atom. The first kappa shape index (κ1) is 18.2. The minimum Gasteiger partial charge on any atom is -0.286 e. The molecule has 1 fully saturated rings. The number of hydrogen-bond donors (Lipinski definition) is 1. The predicted molar refractivity (Wildman–Crippen MR) is 98.7 cm³/mol. The molecule has 1 aliphatic rings. The van der Waals surface area contributed by atoms with E-state index < -0.39 is 10.1 Å². The van der Waals surface area contributed by atoms with E-state index in [2.05, 4.69) is 53.8 Å². The zero-order valence-corrected chi connectivity index (χ0v) is 16.1. The van der Waals surface area contributed by atoms with Crippen molar-refractivity contribution in [3.8, 4) is 0 Å². The quantitative estimate of drug-likeness (QED) is 0.371. The van der Waals surface area contributed by atoms with Gasteiger partial charge < -0.3 is 0 Å². The predicted octanol–water partition coefficient (Wildman–Crippen LogP) is 5.01. The van der Waals surface area contributed by atoms with Crippen LogP contribution in [0.4, 0.5) is 0 Å². The molecule has 124 valence electrons. The van der Waals surface area contributed by atoms with Gasteiger partial charge in [0.1, 0.15) is 0 Å². The Hall–Kier alpha value is -0.140. The van der Waals surface area contributed by atoms with Crippen molar-refractivity contribution in [3.05, 3.63) is 33.4 Å². The zero-order valence-electron chi connectivity index (χ0n) is 13.1. The molecule has 22 heavy (non-hydrogen) atoms. The summed E-state index contributed by atoms with van der Waals surface area (Å²) in [5, 5.41) is 0. The minimum absolute atomic E-state index is 0.110. The van der Waals surface area contributed by atoms with Crippen molar-refractivity contribution in [1.82, 2.24) is 0 Å². The second-order valence-corrected chi connectivity index (χ2v) is 9.40. The molecule has 5 heteroatoms. The van der Waals surface area contributed by atoms with Gasteiger partial charge in [0.25, 0.3) is 10.1 Å². The molecule has 1 saturated carbocycles. The third kappa shape index (κ3) is 4.93. The summed E-state index contributed by atoms with van der Waals surface area (Å²) in [5.74, 6) is 0.388. The van der Waals surface area contributed by atoms with E-state index in [1.807, 2.05) is 0 Å². The normalized spacial score (nSPS) is 19.2. The Labute approximate surface area is 147 Å². The smallest absolute Gasteiger partial charge is 0.264 e. The summed E-state index contributed by atoms with van der Waals surface area (Å²) in [6.07, 6.45) is 7.47. The Kier molecular flexibility index (Phi) is 6.30. The van der Waals surface area contributed by atoms with Gasteiger partial charge >= 0.3 is 0 Å². The highest BCUT2D eigenvalue weighted by Gasteiger charge is 2.38. The summed E-state index contributed by atoms with van der Waals surface area (Å²) in [7, 11) is -3.82. The summed E-state index contributed by atoms with van der Waals surface area (Å²) in [4.78, 5) is 0. The molecule has 2 rings (SSSR count). The Balaban J connectivity index is 2.02. The van der Waals surface area contributed by atoms with Gasteiger partial charge in [-0.2, -0.15) is 8.42 Å². The molecule has 1 aromatic rings. The van der Waals surface area contributed by atoms with Crippen molar-refractivity contribution in [2.75, 3.05) is 5.75 Å². The highest BCUT2D eigenvalue weighted by Crippen LogP contribution is 2.52. The fourth-order valence-electron chi connectivity index (χ4n) is 3.85. The van der Waals surface area contributed by atoms with Crippen LogP contribution in [0.25, 0.3) is 0 Å². The number of rotatable bonds is 7. The lowest BCUT2D eigenvalue weighted by atomic mass is 9.69. The highest BCUT2D eigenvalue weighted by atomic mass is 127. The van der Waals surface area contributed by atoms with Gasteiger partial charge in [0, 0.05) is 3.57 Å². The molecule has 3 nitrogen and oxygen atoms in total. The van der Waals surface area contributed by atoms with Crippen LogP contribution in [0.5, 0.6) is 0 Å². The maximum absolute atomic E-state index is 10.8. The van der Waals surface area contributed by atoms with Gasteiger partial charge in [-0.15, -0.1) is 0 Å². The molecule has 0 heterocycles. The second kappa shape index (κ2) is 7.62. The van der Waals surface area contributed by atoms with Crippen molar-refractivity contribution in [2.24, 2.45) is 5.41 Å². The summed E-state index contributed by atoms with van der Waals surface area (Å²) < 4.78 is 31.8. The van der Waals surface area contributed by atoms with E-state index in [9.17, 15) is 8.42 Å². The number of hydrogen-bond acceptors (Lipinski definition) is 2. The molecule has 0 saturated heterocycles. The average Bonchev–Trinajstić information content (AvgIpc) is 2.93. The molecule has 0 amide bonds. The molecule has 1 unspecified atom stereocenters. The van der Waals surface area contributed by atoms with Crippen LogP contribution >= 0.6 is 22.6 Å². The molecular weight excluding hydrogens is 411 g/mol. The van der Waals surface area contributed by atoms with Crippen LogP contribution in [0, 0.1) is 8.99 Å². The molecule has 0 aromatic heterocycles. The molecule has 1 atom stereocenters. The van der Waals surface area contributed by atoms with Gasteiger partial charge in [-0.05, 0) is 77.3 Å². The first-order valence-electron chi connectivity index (χ1n) is 8.03. The maximum atomic E-state index is 10.8. The highest BCUT2D eigenvalue weighted by molar-refractivity contribution is 14.1. The van der Waals surface area contributed by atoms with Crippen LogP contribution in [0.2, 0.25) is 0 Å². The summed E-state index contributed by atoms with van der Waals surface area (Å²) in [5.41, 5.74) is 1.68. The summed E-state index contributed by atoms with van der Waals surface area (Å²) in [6, 6.07) is 8.77. The van der Waals surface area contributed by atoms with Crippen LogP contribution in [-0.2, 0) is 10.1 Å². The van der Waals surface area contributed by atoms with Crippen LogP contribution < -0.4 is 0 Å². The van der Waals surface area contributed by atoms with Crippen LogP contribution in [-0.4, -0.2) is 18.7 Å². The molecular formula is C17H25IO3S. The van der Waals surface area contributed by atoms with Gasteiger partial charge in [-0.1, -0.05) is 38.3 Å². The Morgan fingerprint density at radius 3 is 2.32 bits per heavy atom. The fourth-order valence-corrected chi connectivity index (χ4v) is 4.77. The summed E-state index contributed by atoms with van der Waals surface area (Å²) in [6.45, 7) is 2.32. The van der Waals surface area contributed by atoms with Gasteiger partial charge in [-0.3, -0.25) is 4.55 Å². The number of unbranched alkanes of at least 4 members (excludes halogenated alkanes) is 1. The van der Waals surface area contributed by atoms with Crippen LogP contribution in [0.15, 0.2) is 24.3 Å². The van der Waals surface area contributed by atoms with Gasteiger partial charge in [0.05, 0.1) is 5.75 Å². The van der Waals surface area contributed by atoms with Crippen molar-refractivity contribution >= 4 is 32.7 Å². The van der Waals surface area contributed by atoms with E-state index in [1.54, 1.807) is 0 Å². The fraction of sp³-hybridized carbons (Fsp3) is 0.647. The van der Waals surface area contributed by atoms with E-state index in [1.165, 1.54) is 34.8 Å². The lowest BCUT2D eigenvalue weighted by Crippen LogP contribution is -2.24. The van der Waals surface area contributed by atoms with Crippen molar-refractivity contribution in [1.29, 1.82) is 0 Å². The minimum atomic E-state index is -3.82. The molecule has 0 spiro atoms. The lowest BCUT2D eigenvalue weighted by molar-refractivity contribution is 0.214. The molecule has 0 radical (unpaired) electrons. The van der Waals surface area contributed by atoms with E-state index in [-0.39, 0.29) is 5.75 Å². The van der Waals surface area contributed by atoms with Crippen molar-refractivity contribution in [3.63, 3.8) is 0 Å². The standard InChI is InChI=1S/C17H25IO3S/c1-14(15-6-8-16(18)9-7-15)17(10-2-3-11-17)12-4-5-13-22(19,20)21/h6-9,14H,2-5,10-13H2,1H3,(H,19,20,21). The van der Waals surface area contributed by atoms with Crippen LogP contribution in [0.3, 0.4) is 0 Å². The molecule has 1 aromatic carbocycles. The number of benzene rings is 1. The van der Waals surface area contributed by atoms with Crippen molar-refractivity contribution in [2.45, 2.75) is 57.8 Å².